The van der Waals surface area contributed by atoms with Crippen LogP contribution in [0.15, 0.2) is 18.5 Å². The highest BCUT2D eigenvalue weighted by Gasteiger charge is 2.58. The molecule has 17 heteroatoms. The summed E-state index contributed by atoms with van der Waals surface area (Å²) in [5.41, 5.74) is 2.54. The number of aliphatic hydroxyl groups is 2. The van der Waals surface area contributed by atoms with Gasteiger partial charge in [0.1, 0.15) is 41.8 Å². The van der Waals surface area contributed by atoms with Gasteiger partial charge in [-0.1, -0.05) is 12.8 Å². The Morgan fingerprint density at radius 3 is 2.65 bits per heavy atom. The van der Waals surface area contributed by atoms with E-state index in [-0.39, 0.29) is 17.4 Å². The summed E-state index contributed by atoms with van der Waals surface area (Å²) < 4.78 is 42.3. The molecule has 1 aliphatic carbocycles. The Morgan fingerprint density at radius 2 is 2.00 bits per heavy atom. The van der Waals surface area contributed by atoms with Crippen molar-refractivity contribution in [1.82, 2.24) is 19.7 Å². The van der Waals surface area contributed by atoms with E-state index < -0.39 is 68.6 Å². The lowest BCUT2D eigenvalue weighted by Gasteiger charge is -2.30. The van der Waals surface area contributed by atoms with Gasteiger partial charge in [0.2, 0.25) is 12.4 Å². The molecule has 2 aromatic heterocycles. The predicted octanol–water partition coefficient (Wildman–Crippen LogP) is 1.30. The average Bonchev–Trinajstić information content (AvgIpc) is 3.68. The third kappa shape index (κ3) is 6.83. The Balaban J connectivity index is 1.53. The van der Waals surface area contributed by atoms with E-state index in [4.69, 9.17) is 29.0 Å². The lowest BCUT2D eigenvalue weighted by Crippen LogP contribution is -2.47. The number of anilines is 1. The normalized spacial score (nSPS) is 26.0. The molecule has 1 saturated carbocycles. The molecule has 5 atom stereocenters. The van der Waals surface area contributed by atoms with E-state index in [1.165, 1.54) is 30.5 Å². The van der Waals surface area contributed by atoms with E-state index >= 15 is 0 Å². The van der Waals surface area contributed by atoms with Crippen LogP contribution >= 0.6 is 7.75 Å². The minimum atomic E-state index is -4.51. The molecule has 2 aromatic rings. The van der Waals surface area contributed by atoms with Crippen LogP contribution in [-0.4, -0.2) is 80.1 Å². The van der Waals surface area contributed by atoms with Crippen molar-refractivity contribution in [3.63, 3.8) is 0 Å². The highest BCUT2D eigenvalue weighted by Crippen LogP contribution is 2.48. The molecule has 2 aliphatic rings. The van der Waals surface area contributed by atoms with Crippen LogP contribution in [0.2, 0.25) is 0 Å². The lowest BCUT2D eigenvalue weighted by molar-refractivity contribution is -0.157. The second-order valence-electron chi connectivity index (χ2n) is 11.3. The van der Waals surface area contributed by atoms with Crippen molar-refractivity contribution in [2.75, 3.05) is 19.1 Å². The van der Waals surface area contributed by atoms with Gasteiger partial charge in [-0.05, 0) is 52.7 Å². The van der Waals surface area contributed by atoms with Crippen molar-refractivity contribution in [2.45, 2.75) is 88.9 Å². The molecule has 0 unspecified atom stereocenters. The predicted molar refractivity (Wildman–Crippen MR) is 148 cm³/mol. The van der Waals surface area contributed by atoms with Gasteiger partial charge < -0.3 is 30.2 Å². The molecule has 236 valence electrons. The second-order valence-corrected chi connectivity index (χ2v) is 13.0. The molecule has 43 heavy (non-hydrogen) atoms. The van der Waals surface area contributed by atoms with Gasteiger partial charge in [-0.25, -0.2) is 19.2 Å². The fraction of sp³-hybridized carbons (Fsp3) is 0.654. The van der Waals surface area contributed by atoms with E-state index in [1.54, 1.807) is 13.8 Å². The van der Waals surface area contributed by atoms with Crippen molar-refractivity contribution in [2.24, 2.45) is 5.92 Å². The number of nitrogens with one attached hydrogen (secondary N) is 1. The van der Waals surface area contributed by atoms with E-state index in [2.05, 4.69) is 15.2 Å². The number of esters is 2. The summed E-state index contributed by atoms with van der Waals surface area (Å²) in [4.78, 5) is 28.9. The molecule has 3 heterocycles. The van der Waals surface area contributed by atoms with E-state index in [0.717, 1.165) is 19.2 Å². The maximum Gasteiger partial charge on any atom is 0.409 e. The summed E-state index contributed by atoms with van der Waals surface area (Å²) in [6.45, 7) is 4.62. The topological polar surface area (TPSA) is 230 Å². The lowest BCUT2D eigenvalue weighted by atomic mass is 9.92. The molecule has 0 radical (unpaired) electrons. The summed E-state index contributed by atoms with van der Waals surface area (Å²) >= 11 is 0. The van der Waals surface area contributed by atoms with E-state index in [0.29, 0.717) is 18.4 Å². The number of nitrogen functional groups attached to an aromatic ring is 1. The number of carbonyl (C=O) groups is 2. The smallest absolute Gasteiger partial charge is 0.409 e. The first-order valence-corrected chi connectivity index (χ1v) is 15.4. The van der Waals surface area contributed by atoms with Gasteiger partial charge in [0.15, 0.2) is 5.82 Å². The van der Waals surface area contributed by atoms with E-state index in [1.807, 2.05) is 6.07 Å². The minimum Gasteiger partial charge on any atom is -0.462 e. The largest absolute Gasteiger partial charge is 0.462 e. The molecule has 0 bridgehead atoms. The SMILES string of the molecule is CC(C)OC(=O)C(C)(C)N[P@@](=O)(OCOC(=O)C1CCCC1)OC[C@H]1O[C@@](C#N)(c2ccc3c(N)ncnn23)[C@H](O)[C@@H]1O. The van der Waals surface area contributed by atoms with Crippen LogP contribution in [0.25, 0.3) is 5.52 Å². The van der Waals surface area contributed by atoms with Crippen LogP contribution in [0.5, 0.6) is 0 Å². The Morgan fingerprint density at radius 1 is 1.30 bits per heavy atom. The summed E-state index contributed by atoms with van der Waals surface area (Å²) in [6, 6.07) is 4.86. The van der Waals surface area contributed by atoms with Crippen molar-refractivity contribution in [1.29, 1.82) is 5.26 Å². The molecule has 4 rings (SSSR count). The number of aliphatic hydroxyl groups excluding tert-OH is 2. The number of aromatic nitrogens is 3. The van der Waals surface area contributed by atoms with Gasteiger partial charge in [0, 0.05) is 0 Å². The van der Waals surface area contributed by atoms with Crippen molar-refractivity contribution in [3.05, 3.63) is 24.2 Å². The average molecular weight is 625 g/mol. The van der Waals surface area contributed by atoms with Gasteiger partial charge >= 0.3 is 19.7 Å². The molecule has 16 nitrogen and oxygen atoms in total. The van der Waals surface area contributed by atoms with Gasteiger partial charge in [-0.3, -0.25) is 18.6 Å². The first-order valence-electron chi connectivity index (χ1n) is 13.8. The maximum atomic E-state index is 13.9. The van der Waals surface area contributed by atoms with E-state index in [9.17, 15) is 29.6 Å². The molecule has 1 saturated heterocycles. The standard InChI is InChI=1S/C26H37N6O10P/c1-15(2)41-24(36)25(3,4)31-43(37,40-14-38-23(35)16-7-5-6-8-16)39-11-18-20(33)21(34)26(12-27,42-18)19-10-9-17-22(28)29-13-30-32(17)19/h9-10,13,15-16,18,20-21,33-34H,5-8,11,14H2,1-4H3,(H,31,37)(H2,28,29,30)/t18-,20-,21-,26+,43+/m1/s1. The van der Waals surface area contributed by atoms with Gasteiger partial charge in [0.05, 0.1) is 24.3 Å². The van der Waals surface area contributed by atoms with Crippen LogP contribution in [0.4, 0.5) is 5.82 Å². The summed E-state index contributed by atoms with van der Waals surface area (Å²) in [5, 5.41) is 38.6. The number of hydrogen-bond donors (Lipinski definition) is 4. The van der Waals surface area contributed by atoms with Crippen molar-refractivity contribution < 1.29 is 47.6 Å². The van der Waals surface area contributed by atoms with Crippen LogP contribution < -0.4 is 10.8 Å². The van der Waals surface area contributed by atoms with Crippen LogP contribution in [0.1, 0.15) is 59.1 Å². The highest BCUT2D eigenvalue weighted by molar-refractivity contribution is 7.51. The zero-order valence-corrected chi connectivity index (χ0v) is 25.2. The molecular weight excluding hydrogens is 587 g/mol. The quantitative estimate of drug-likeness (QED) is 0.148. The Bertz CT molecular complexity index is 1420. The fourth-order valence-electron chi connectivity index (χ4n) is 5.01. The number of hydrogen-bond acceptors (Lipinski definition) is 14. The third-order valence-electron chi connectivity index (χ3n) is 7.28. The molecule has 1 aliphatic heterocycles. The minimum absolute atomic E-state index is 0.0575. The first-order chi connectivity index (χ1) is 20.2. The third-order valence-corrected chi connectivity index (χ3v) is 9.04. The Hall–Kier alpha value is -3.16. The number of nitrogens with two attached hydrogens (primary N) is 1. The van der Waals surface area contributed by atoms with Gasteiger partial charge in [0.25, 0.3) is 0 Å². The number of nitrogens with zero attached hydrogens (tertiary/aromatic N) is 4. The van der Waals surface area contributed by atoms with Crippen LogP contribution in [0, 0.1) is 17.2 Å². The molecular formula is C26H37N6O10P. The molecule has 2 fully saturated rings. The monoisotopic (exact) mass is 624 g/mol. The summed E-state index contributed by atoms with van der Waals surface area (Å²) in [7, 11) is -4.51. The van der Waals surface area contributed by atoms with Crippen molar-refractivity contribution >= 4 is 31.0 Å². The summed E-state index contributed by atoms with van der Waals surface area (Å²) in [5.74, 6) is -1.46. The van der Waals surface area contributed by atoms with Crippen LogP contribution in [0.3, 0.4) is 0 Å². The zero-order chi connectivity index (χ0) is 31.6. The number of ether oxygens (including phenoxy) is 3. The van der Waals surface area contributed by atoms with Crippen molar-refractivity contribution in [3.8, 4) is 6.07 Å². The van der Waals surface area contributed by atoms with Gasteiger partial charge in [-0.15, -0.1) is 0 Å². The molecule has 0 aromatic carbocycles. The number of nitriles is 1. The van der Waals surface area contributed by atoms with Gasteiger partial charge in [-0.2, -0.15) is 10.4 Å². The fourth-order valence-corrected chi connectivity index (χ4v) is 6.52. The highest BCUT2D eigenvalue weighted by atomic mass is 31.2. The molecule has 0 spiro atoms. The second kappa shape index (κ2) is 12.8. The number of carbonyl (C=O) groups excluding carboxylic acids is 2. The van der Waals surface area contributed by atoms with Crippen LogP contribution in [-0.2, 0) is 43.0 Å². The number of fused-ring (bicyclic) bond motifs is 1. The zero-order valence-electron chi connectivity index (χ0n) is 24.3. The Labute approximate surface area is 248 Å². The molecule has 5 N–H and O–H groups in total. The number of rotatable bonds is 12. The summed E-state index contributed by atoms with van der Waals surface area (Å²) in [6.07, 6.45) is -1.08. The Kier molecular flexibility index (Phi) is 9.77. The maximum absolute atomic E-state index is 13.9. The first kappa shape index (κ1) is 32.7. The molecule has 0 amide bonds.